The van der Waals surface area contributed by atoms with Crippen LogP contribution in [0.15, 0.2) is 57.2 Å². The number of aromatic nitrogens is 3. The van der Waals surface area contributed by atoms with E-state index in [1.54, 1.807) is 29.7 Å². The smallest absolute Gasteiger partial charge is 0.242 e. The summed E-state index contributed by atoms with van der Waals surface area (Å²) in [5.41, 5.74) is 6.44. The molecule has 0 radical (unpaired) electrons. The molecule has 4 aromatic rings. The SMILES string of the molecule is Cc1sc2c(c1C)C(c1ccc(Cl)cc1)=N[C@@H](CC(=O)N/N=C/c1ccco1)c1nnc(C)n1-2. The Kier molecular flexibility index (Phi) is 5.89. The quantitative estimate of drug-likeness (QED) is 0.315. The topological polar surface area (TPSA) is 97.7 Å². The molecule has 0 saturated carbocycles. The third kappa shape index (κ3) is 4.08. The summed E-state index contributed by atoms with van der Waals surface area (Å²) < 4.78 is 7.21. The van der Waals surface area contributed by atoms with Gasteiger partial charge in [0.05, 0.1) is 24.6 Å². The Balaban J connectivity index is 1.56. The molecule has 34 heavy (non-hydrogen) atoms. The third-order valence-electron chi connectivity index (χ3n) is 5.66. The normalized spacial score (nSPS) is 15.1. The molecule has 0 saturated heterocycles. The van der Waals surface area contributed by atoms with Crippen molar-refractivity contribution in [1.82, 2.24) is 20.2 Å². The highest BCUT2D eigenvalue weighted by Crippen LogP contribution is 2.39. The van der Waals surface area contributed by atoms with Crippen LogP contribution < -0.4 is 5.43 Å². The van der Waals surface area contributed by atoms with E-state index in [-0.39, 0.29) is 12.3 Å². The molecule has 8 nitrogen and oxygen atoms in total. The highest BCUT2D eigenvalue weighted by atomic mass is 35.5. The van der Waals surface area contributed by atoms with Gasteiger partial charge in [0.25, 0.3) is 0 Å². The zero-order valence-electron chi connectivity index (χ0n) is 18.7. The van der Waals surface area contributed by atoms with Gasteiger partial charge < -0.3 is 4.42 Å². The van der Waals surface area contributed by atoms with Gasteiger partial charge >= 0.3 is 0 Å². The van der Waals surface area contributed by atoms with Crippen molar-refractivity contribution in [2.75, 3.05) is 0 Å². The number of hydrogen-bond acceptors (Lipinski definition) is 7. The molecule has 10 heteroatoms. The molecule has 1 aliphatic rings. The van der Waals surface area contributed by atoms with Gasteiger partial charge in [-0.3, -0.25) is 14.4 Å². The number of amides is 1. The predicted octanol–water partition coefficient (Wildman–Crippen LogP) is 4.93. The van der Waals surface area contributed by atoms with E-state index in [9.17, 15) is 4.79 Å². The molecule has 0 aliphatic carbocycles. The number of nitrogens with one attached hydrogen (secondary N) is 1. The van der Waals surface area contributed by atoms with Gasteiger partial charge in [0.2, 0.25) is 5.91 Å². The minimum atomic E-state index is -0.551. The number of thiophene rings is 1. The fourth-order valence-corrected chi connectivity index (χ4v) is 5.23. The van der Waals surface area contributed by atoms with Gasteiger partial charge in [0, 0.05) is 21.0 Å². The van der Waals surface area contributed by atoms with Gasteiger partial charge in [0.1, 0.15) is 22.6 Å². The summed E-state index contributed by atoms with van der Waals surface area (Å²) in [7, 11) is 0. The summed E-state index contributed by atoms with van der Waals surface area (Å²) in [4.78, 5) is 19.0. The number of carbonyl (C=O) groups is 1. The van der Waals surface area contributed by atoms with E-state index >= 15 is 0 Å². The van der Waals surface area contributed by atoms with Crippen LogP contribution in [0, 0.1) is 20.8 Å². The standard InChI is InChI=1S/C24H21ClN6O2S/c1-13-14(2)34-24-21(13)22(16-6-8-17(25)9-7-16)27-19(23-30-28-15(3)31(23)24)11-20(32)29-26-12-18-5-4-10-33-18/h4-10,12,19H,11H2,1-3H3,(H,29,32)/b26-12+/t19-/m0/s1. The molecule has 172 valence electrons. The Labute approximate surface area is 205 Å². The van der Waals surface area contributed by atoms with E-state index in [4.69, 9.17) is 21.0 Å². The lowest BCUT2D eigenvalue weighted by atomic mass is 9.99. The maximum Gasteiger partial charge on any atom is 0.242 e. The lowest BCUT2D eigenvalue weighted by Gasteiger charge is -2.12. The zero-order valence-corrected chi connectivity index (χ0v) is 20.3. The number of furan rings is 1. The second kappa shape index (κ2) is 9.00. The van der Waals surface area contributed by atoms with Crippen LogP contribution in [0.1, 0.15) is 51.4 Å². The largest absolute Gasteiger partial charge is 0.463 e. The van der Waals surface area contributed by atoms with Crippen molar-refractivity contribution in [3.63, 3.8) is 0 Å². The molecule has 1 aromatic carbocycles. The number of fused-ring (bicyclic) bond motifs is 3. The van der Waals surface area contributed by atoms with E-state index in [1.807, 2.05) is 35.8 Å². The lowest BCUT2D eigenvalue weighted by molar-refractivity contribution is -0.121. The van der Waals surface area contributed by atoms with Crippen LogP contribution in [0.3, 0.4) is 0 Å². The Bertz CT molecular complexity index is 1420. The van der Waals surface area contributed by atoms with Crippen molar-refractivity contribution in [1.29, 1.82) is 0 Å². The van der Waals surface area contributed by atoms with Gasteiger partial charge in [-0.15, -0.1) is 21.5 Å². The molecule has 1 aliphatic heterocycles. The Morgan fingerprint density at radius 3 is 2.76 bits per heavy atom. The van der Waals surface area contributed by atoms with Crippen LogP contribution >= 0.6 is 22.9 Å². The summed E-state index contributed by atoms with van der Waals surface area (Å²) >= 11 is 7.81. The summed E-state index contributed by atoms with van der Waals surface area (Å²) in [6, 6.07) is 10.5. The van der Waals surface area contributed by atoms with Gasteiger partial charge in [-0.25, -0.2) is 5.43 Å². The van der Waals surface area contributed by atoms with Crippen molar-refractivity contribution in [3.05, 3.63) is 86.7 Å². The highest BCUT2D eigenvalue weighted by molar-refractivity contribution is 7.15. The lowest BCUT2D eigenvalue weighted by Crippen LogP contribution is -2.21. The molecular weight excluding hydrogens is 472 g/mol. The van der Waals surface area contributed by atoms with Crippen LogP contribution in [0.4, 0.5) is 0 Å². The maximum atomic E-state index is 12.8. The first kappa shape index (κ1) is 22.2. The van der Waals surface area contributed by atoms with Crippen LogP contribution in [-0.4, -0.2) is 32.6 Å². The number of benzene rings is 1. The molecule has 1 amide bonds. The minimum absolute atomic E-state index is 0.0533. The number of rotatable bonds is 5. The minimum Gasteiger partial charge on any atom is -0.463 e. The van der Waals surface area contributed by atoms with Crippen molar-refractivity contribution in [2.45, 2.75) is 33.2 Å². The predicted molar refractivity (Wildman–Crippen MR) is 132 cm³/mol. The Morgan fingerprint density at radius 1 is 1.24 bits per heavy atom. The zero-order chi connectivity index (χ0) is 23.8. The average molecular weight is 493 g/mol. The number of halogens is 1. The fourth-order valence-electron chi connectivity index (χ4n) is 3.89. The first-order valence-electron chi connectivity index (χ1n) is 10.6. The number of nitrogens with zero attached hydrogens (tertiary/aromatic N) is 5. The molecule has 0 spiro atoms. The van der Waals surface area contributed by atoms with Gasteiger partial charge in [-0.05, 0) is 50.6 Å². The number of hydrogen-bond donors (Lipinski definition) is 1. The van der Waals surface area contributed by atoms with Crippen LogP contribution in [0.2, 0.25) is 5.02 Å². The number of aliphatic imine (C=N–C) groups is 1. The molecule has 5 rings (SSSR count). The van der Waals surface area contributed by atoms with E-state index in [2.05, 4.69) is 34.6 Å². The Hall–Kier alpha value is -3.56. The van der Waals surface area contributed by atoms with Crippen molar-refractivity contribution >= 4 is 40.8 Å². The van der Waals surface area contributed by atoms with E-state index in [0.717, 1.165) is 33.2 Å². The molecule has 3 aromatic heterocycles. The van der Waals surface area contributed by atoms with Gasteiger partial charge in [-0.1, -0.05) is 23.7 Å². The second-order valence-electron chi connectivity index (χ2n) is 7.92. The molecule has 0 unspecified atom stereocenters. The van der Waals surface area contributed by atoms with Gasteiger partial charge in [0.15, 0.2) is 5.82 Å². The summed E-state index contributed by atoms with van der Waals surface area (Å²) in [5, 5.41) is 14.3. The first-order chi connectivity index (χ1) is 16.4. The monoisotopic (exact) mass is 492 g/mol. The molecule has 0 bridgehead atoms. The van der Waals surface area contributed by atoms with E-state index in [1.165, 1.54) is 11.1 Å². The number of aryl methyl sites for hydroxylation is 2. The maximum absolute atomic E-state index is 12.8. The molecule has 0 fully saturated rings. The number of hydrazone groups is 1. The van der Waals surface area contributed by atoms with Crippen molar-refractivity contribution in [2.24, 2.45) is 10.1 Å². The molecule has 1 N–H and O–H groups in total. The van der Waals surface area contributed by atoms with Crippen LogP contribution in [0.25, 0.3) is 5.00 Å². The fraction of sp³-hybridized carbons (Fsp3) is 0.208. The van der Waals surface area contributed by atoms with Crippen LogP contribution in [0.5, 0.6) is 0 Å². The van der Waals surface area contributed by atoms with Crippen molar-refractivity contribution < 1.29 is 9.21 Å². The van der Waals surface area contributed by atoms with Gasteiger partial charge in [-0.2, -0.15) is 5.10 Å². The summed E-state index contributed by atoms with van der Waals surface area (Å²) in [6.45, 7) is 6.09. The summed E-state index contributed by atoms with van der Waals surface area (Å²) in [5.74, 6) is 1.61. The first-order valence-corrected chi connectivity index (χ1v) is 11.8. The Morgan fingerprint density at radius 2 is 2.03 bits per heavy atom. The highest BCUT2D eigenvalue weighted by Gasteiger charge is 2.32. The molecular formula is C24H21ClN6O2S. The molecule has 1 atom stereocenters. The summed E-state index contributed by atoms with van der Waals surface area (Å²) in [6.07, 6.45) is 3.04. The second-order valence-corrected chi connectivity index (χ2v) is 9.56. The van der Waals surface area contributed by atoms with E-state index < -0.39 is 6.04 Å². The van der Waals surface area contributed by atoms with Crippen molar-refractivity contribution in [3.8, 4) is 5.00 Å². The average Bonchev–Trinajstić information content (AvgIpc) is 3.51. The van der Waals surface area contributed by atoms with Crippen LogP contribution in [-0.2, 0) is 4.79 Å². The third-order valence-corrected chi connectivity index (χ3v) is 7.10. The van der Waals surface area contributed by atoms with E-state index in [0.29, 0.717) is 16.6 Å². The molecule has 4 heterocycles. The number of carbonyl (C=O) groups excluding carboxylic acids is 1.